The smallest absolute Gasteiger partial charge is 0.261 e. The number of benzene rings is 2. The highest BCUT2D eigenvalue weighted by Gasteiger charge is 2.35. The number of aromatic nitrogens is 4. The molecule has 0 saturated carbocycles. The summed E-state index contributed by atoms with van der Waals surface area (Å²) in [7, 11) is 0. The molecule has 0 saturated heterocycles. The number of imide groups is 1. The first-order chi connectivity index (χ1) is 16.0. The topological polar surface area (TPSA) is 101 Å². The monoisotopic (exact) mass is 456 g/mol. The average molecular weight is 457 g/mol. The molecule has 164 valence electrons. The second-order valence-corrected chi connectivity index (χ2v) is 8.78. The summed E-state index contributed by atoms with van der Waals surface area (Å²) in [4.78, 5) is 35.6. The van der Waals surface area contributed by atoms with Crippen LogP contribution < -0.4 is 5.32 Å². The fourth-order valence-corrected chi connectivity index (χ4v) is 4.57. The average Bonchev–Trinajstić information content (AvgIpc) is 3.35. The summed E-state index contributed by atoms with van der Waals surface area (Å²) in [6, 6.07) is 16.9. The number of rotatable bonds is 6. The van der Waals surface area contributed by atoms with Crippen molar-refractivity contribution in [2.24, 2.45) is 0 Å². The van der Waals surface area contributed by atoms with E-state index in [1.54, 1.807) is 24.3 Å². The first-order valence-corrected chi connectivity index (χ1v) is 11.2. The molecule has 33 heavy (non-hydrogen) atoms. The van der Waals surface area contributed by atoms with Crippen LogP contribution in [0.1, 0.15) is 48.4 Å². The van der Waals surface area contributed by atoms with Crippen molar-refractivity contribution in [2.45, 2.75) is 26.8 Å². The number of aryl methyl sites for hydroxylation is 2. The number of amides is 2. The maximum Gasteiger partial charge on any atom is 0.261 e. The molecular weight excluding hydrogens is 436 g/mol. The molecule has 0 bridgehead atoms. The quantitative estimate of drug-likeness (QED) is 0.436. The summed E-state index contributed by atoms with van der Waals surface area (Å²) >= 11 is 1.28. The lowest BCUT2D eigenvalue weighted by atomic mass is 10.0. The van der Waals surface area contributed by atoms with Crippen LogP contribution in [0.3, 0.4) is 0 Å². The Kier molecular flexibility index (Phi) is 5.39. The van der Waals surface area contributed by atoms with Crippen LogP contribution in [0.15, 0.2) is 54.6 Å². The fraction of sp³-hybridized carbons (Fsp3) is 0.167. The Morgan fingerprint density at radius 3 is 2.24 bits per heavy atom. The van der Waals surface area contributed by atoms with E-state index in [1.807, 2.05) is 32.0 Å². The van der Waals surface area contributed by atoms with E-state index >= 15 is 0 Å². The number of anilines is 2. The highest BCUT2D eigenvalue weighted by atomic mass is 32.1. The van der Waals surface area contributed by atoms with Gasteiger partial charge in [-0.3, -0.25) is 14.5 Å². The standard InChI is InChI=1S/C24H20N6O2S/c1-14-19(12-16-8-4-3-5-9-16)21(26-15(2)25-14)27-24-29-28-20(33-24)13-30-22(31)17-10-6-7-11-18(17)23(30)32/h3-11H,12-13H2,1-2H3,(H,25,26,27,29). The molecule has 1 N–H and O–H groups in total. The van der Waals surface area contributed by atoms with Crippen molar-refractivity contribution in [1.29, 1.82) is 0 Å². The third kappa shape index (κ3) is 4.10. The molecule has 0 radical (unpaired) electrons. The van der Waals surface area contributed by atoms with Gasteiger partial charge in [-0.1, -0.05) is 53.8 Å². The number of hydrogen-bond acceptors (Lipinski definition) is 8. The van der Waals surface area contributed by atoms with Crippen molar-refractivity contribution in [1.82, 2.24) is 25.1 Å². The third-order valence-electron chi connectivity index (χ3n) is 5.41. The molecule has 0 fully saturated rings. The Hall–Kier alpha value is -3.98. The molecule has 2 aromatic carbocycles. The Morgan fingerprint density at radius 2 is 1.55 bits per heavy atom. The molecule has 0 spiro atoms. The van der Waals surface area contributed by atoms with Gasteiger partial charge < -0.3 is 5.32 Å². The predicted molar refractivity (Wildman–Crippen MR) is 125 cm³/mol. The maximum atomic E-state index is 12.6. The minimum atomic E-state index is -0.312. The minimum absolute atomic E-state index is 0.0738. The molecule has 9 heteroatoms. The van der Waals surface area contributed by atoms with Crippen molar-refractivity contribution < 1.29 is 9.59 Å². The number of hydrogen-bond donors (Lipinski definition) is 1. The van der Waals surface area contributed by atoms with Crippen LogP contribution in [-0.4, -0.2) is 36.9 Å². The minimum Gasteiger partial charge on any atom is -0.314 e. The molecule has 8 nitrogen and oxygen atoms in total. The van der Waals surface area contributed by atoms with Crippen molar-refractivity contribution in [2.75, 3.05) is 5.32 Å². The summed E-state index contributed by atoms with van der Waals surface area (Å²) < 4.78 is 0. The predicted octanol–water partition coefficient (Wildman–Crippen LogP) is 4.08. The molecular formula is C24H20N6O2S. The van der Waals surface area contributed by atoms with Crippen LogP contribution >= 0.6 is 11.3 Å². The van der Waals surface area contributed by atoms with Crippen LogP contribution in [0.25, 0.3) is 0 Å². The molecule has 2 amide bonds. The van der Waals surface area contributed by atoms with Crippen LogP contribution in [0, 0.1) is 13.8 Å². The van der Waals surface area contributed by atoms with Crippen LogP contribution in [0.4, 0.5) is 10.9 Å². The zero-order valence-electron chi connectivity index (χ0n) is 18.1. The second-order valence-electron chi connectivity index (χ2n) is 7.71. The molecule has 0 unspecified atom stereocenters. The van der Waals surface area contributed by atoms with E-state index in [0.29, 0.717) is 39.3 Å². The largest absolute Gasteiger partial charge is 0.314 e. The summed E-state index contributed by atoms with van der Waals surface area (Å²) in [6.45, 7) is 3.88. The number of carbonyl (C=O) groups excluding carboxylic acids is 2. The van der Waals surface area contributed by atoms with E-state index < -0.39 is 0 Å². The van der Waals surface area contributed by atoms with Crippen LogP contribution in [0.5, 0.6) is 0 Å². The fourth-order valence-electron chi connectivity index (χ4n) is 3.84. The molecule has 0 atom stereocenters. The Labute approximate surface area is 194 Å². The first kappa shape index (κ1) is 20.9. The number of fused-ring (bicyclic) bond motifs is 1. The van der Waals surface area contributed by atoms with Crippen LogP contribution in [0.2, 0.25) is 0 Å². The first-order valence-electron chi connectivity index (χ1n) is 10.4. The highest BCUT2D eigenvalue weighted by Crippen LogP contribution is 2.28. The number of carbonyl (C=O) groups is 2. The SMILES string of the molecule is Cc1nc(C)c(Cc2ccccc2)c(Nc2nnc(CN3C(=O)c4ccccc4C3=O)s2)n1. The van der Waals surface area contributed by atoms with Gasteiger partial charge in [-0.05, 0) is 31.5 Å². The molecule has 5 rings (SSSR count). The maximum absolute atomic E-state index is 12.6. The molecule has 0 aliphatic carbocycles. The summed E-state index contributed by atoms with van der Waals surface area (Å²) in [5, 5.41) is 12.7. The second kappa shape index (κ2) is 8.51. The molecule has 1 aliphatic rings. The van der Waals surface area contributed by atoms with E-state index in [-0.39, 0.29) is 18.4 Å². The third-order valence-corrected chi connectivity index (χ3v) is 6.24. The van der Waals surface area contributed by atoms with Gasteiger partial charge in [0.2, 0.25) is 5.13 Å². The normalized spacial score (nSPS) is 12.8. The van der Waals surface area contributed by atoms with Gasteiger partial charge in [0.05, 0.1) is 17.7 Å². The Bertz CT molecular complexity index is 1330. The number of nitrogens with one attached hydrogen (secondary N) is 1. The van der Waals surface area contributed by atoms with Crippen molar-refractivity contribution in [3.05, 3.63) is 93.4 Å². The lowest BCUT2D eigenvalue weighted by Crippen LogP contribution is -2.29. The zero-order valence-corrected chi connectivity index (χ0v) is 18.9. The van der Waals surface area contributed by atoms with E-state index in [9.17, 15) is 9.59 Å². The molecule has 4 aromatic rings. The summed E-state index contributed by atoms with van der Waals surface area (Å²) in [5.74, 6) is 0.704. The van der Waals surface area contributed by atoms with Gasteiger partial charge in [-0.15, -0.1) is 10.2 Å². The Balaban J connectivity index is 1.37. The van der Waals surface area contributed by atoms with Crippen molar-refractivity contribution >= 4 is 34.1 Å². The lowest BCUT2D eigenvalue weighted by molar-refractivity contribution is 0.0642. The van der Waals surface area contributed by atoms with Gasteiger partial charge in [-0.2, -0.15) is 0 Å². The van der Waals surface area contributed by atoms with Gasteiger partial charge in [0.1, 0.15) is 16.6 Å². The van der Waals surface area contributed by atoms with Gasteiger partial charge in [-0.25, -0.2) is 9.97 Å². The molecule has 3 heterocycles. The van der Waals surface area contributed by atoms with Gasteiger partial charge in [0, 0.05) is 17.7 Å². The van der Waals surface area contributed by atoms with E-state index in [2.05, 4.69) is 37.6 Å². The van der Waals surface area contributed by atoms with Crippen LogP contribution in [-0.2, 0) is 13.0 Å². The summed E-state index contributed by atoms with van der Waals surface area (Å²) in [6.07, 6.45) is 0.677. The van der Waals surface area contributed by atoms with E-state index in [0.717, 1.165) is 16.8 Å². The van der Waals surface area contributed by atoms with Crippen molar-refractivity contribution in [3.63, 3.8) is 0 Å². The van der Waals surface area contributed by atoms with Gasteiger partial charge in [0.25, 0.3) is 11.8 Å². The Morgan fingerprint density at radius 1 is 0.879 bits per heavy atom. The zero-order chi connectivity index (χ0) is 22.9. The van der Waals surface area contributed by atoms with E-state index in [1.165, 1.54) is 16.2 Å². The lowest BCUT2D eigenvalue weighted by Gasteiger charge is -2.13. The number of nitrogens with zero attached hydrogens (tertiary/aromatic N) is 5. The van der Waals surface area contributed by atoms with Crippen molar-refractivity contribution in [3.8, 4) is 0 Å². The van der Waals surface area contributed by atoms with E-state index in [4.69, 9.17) is 0 Å². The summed E-state index contributed by atoms with van der Waals surface area (Å²) in [5.41, 5.74) is 3.86. The highest BCUT2D eigenvalue weighted by molar-refractivity contribution is 7.15. The van der Waals surface area contributed by atoms with Gasteiger partial charge >= 0.3 is 0 Å². The van der Waals surface area contributed by atoms with Gasteiger partial charge in [0.15, 0.2) is 0 Å². The molecule has 2 aromatic heterocycles. The molecule has 1 aliphatic heterocycles.